The molecule has 2 heterocycles. The van der Waals surface area contributed by atoms with Gasteiger partial charge in [0.25, 0.3) is 0 Å². The van der Waals surface area contributed by atoms with Gasteiger partial charge in [-0.05, 0) is 36.8 Å². The number of hydrogen-bond acceptors (Lipinski definition) is 1. The van der Waals surface area contributed by atoms with Gasteiger partial charge >= 0.3 is 0 Å². The molecule has 24 heavy (non-hydrogen) atoms. The summed E-state index contributed by atoms with van der Waals surface area (Å²) in [4.78, 5) is 19.0. The summed E-state index contributed by atoms with van der Waals surface area (Å²) in [7, 11) is 0. The monoisotopic (exact) mass is 324 g/mol. The van der Waals surface area contributed by atoms with Gasteiger partial charge in [-0.3, -0.25) is 4.79 Å². The molecular weight excluding hydrogens is 296 g/mol. The first-order chi connectivity index (χ1) is 11.7. The van der Waals surface area contributed by atoms with Gasteiger partial charge in [-0.2, -0.15) is 0 Å². The minimum atomic E-state index is 0.190. The standard InChI is InChI=1S/C21H28N2O/c1-14(2)20-19-17(16-10-6-7-11-18(16)22-19)12-13-23(20)21(24)15-8-4-3-5-9-15/h6-7,10-11,14-15,20,22H,3-5,8-9,12-13H2,1-2H3. The molecule has 0 saturated heterocycles. The summed E-state index contributed by atoms with van der Waals surface area (Å²) >= 11 is 0. The van der Waals surface area contributed by atoms with Crippen LogP contribution in [0.2, 0.25) is 0 Å². The molecule has 1 aromatic heterocycles. The van der Waals surface area contributed by atoms with Crippen LogP contribution in [0.5, 0.6) is 0 Å². The van der Waals surface area contributed by atoms with Crippen molar-refractivity contribution in [3.8, 4) is 0 Å². The number of fused-ring (bicyclic) bond motifs is 3. The summed E-state index contributed by atoms with van der Waals surface area (Å²) in [5, 5.41) is 1.34. The Kier molecular flexibility index (Phi) is 4.11. The number of aromatic amines is 1. The first kappa shape index (κ1) is 15.7. The summed E-state index contributed by atoms with van der Waals surface area (Å²) in [5.74, 6) is 1.08. The molecular formula is C21H28N2O. The van der Waals surface area contributed by atoms with Crippen molar-refractivity contribution in [2.75, 3.05) is 6.54 Å². The quantitative estimate of drug-likeness (QED) is 0.844. The predicted molar refractivity (Wildman–Crippen MR) is 97.9 cm³/mol. The van der Waals surface area contributed by atoms with Crippen molar-refractivity contribution in [1.82, 2.24) is 9.88 Å². The second-order valence-electron chi connectivity index (χ2n) is 7.87. The van der Waals surface area contributed by atoms with E-state index >= 15 is 0 Å². The summed E-state index contributed by atoms with van der Waals surface area (Å²) in [6.45, 7) is 5.35. The highest BCUT2D eigenvalue weighted by atomic mass is 16.2. The molecule has 4 rings (SSSR count). The number of rotatable bonds is 2. The number of benzene rings is 1. The van der Waals surface area contributed by atoms with Gasteiger partial charge in [-0.15, -0.1) is 0 Å². The van der Waals surface area contributed by atoms with E-state index in [2.05, 4.69) is 48.0 Å². The van der Waals surface area contributed by atoms with Gasteiger partial charge in [0.05, 0.1) is 6.04 Å². The molecule has 0 bridgehead atoms. The van der Waals surface area contributed by atoms with Crippen molar-refractivity contribution in [2.24, 2.45) is 11.8 Å². The predicted octanol–water partition coefficient (Wildman–Crippen LogP) is 4.83. The third-order valence-electron chi connectivity index (χ3n) is 5.95. The number of amides is 1. The van der Waals surface area contributed by atoms with Crippen LogP contribution in [0.3, 0.4) is 0 Å². The molecule has 1 aromatic carbocycles. The van der Waals surface area contributed by atoms with E-state index < -0.39 is 0 Å². The third-order valence-corrected chi connectivity index (χ3v) is 5.95. The average Bonchev–Trinajstić information content (AvgIpc) is 2.99. The van der Waals surface area contributed by atoms with E-state index in [9.17, 15) is 4.79 Å². The Morgan fingerprint density at radius 1 is 1.17 bits per heavy atom. The molecule has 1 aliphatic carbocycles. The highest BCUT2D eigenvalue weighted by Crippen LogP contribution is 2.40. The zero-order chi connectivity index (χ0) is 16.7. The van der Waals surface area contributed by atoms with Crippen molar-refractivity contribution in [3.05, 3.63) is 35.5 Å². The molecule has 1 aliphatic heterocycles. The molecule has 0 spiro atoms. The summed E-state index contributed by atoms with van der Waals surface area (Å²) in [6.07, 6.45) is 6.87. The largest absolute Gasteiger partial charge is 0.356 e. The molecule has 3 nitrogen and oxygen atoms in total. The lowest BCUT2D eigenvalue weighted by atomic mass is 9.85. The van der Waals surface area contributed by atoms with Crippen molar-refractivity contribution in [2.45, 2.75) is 58.4 Å². The van der Waals surface area contributed by atoms with Crippen LogP contribution in [0, 0.1) is 11.8 Å². The van der Waals surface area contributed by atoms with Crippen LogP contribution >= 0.6 is 0 Å². The van der Waals surface area contributed by atoms with E-state index in [0.717, 1.165) is 25.8 Å². The van der Waals surface area contributed by atoms with Crippen LogP contribution < -0.4 is 0 Å². The van der Waals surface area contributed by atoms with Gasteiger partial charge in [0, 0.05) is 29.1 Å². The topological polar surface area (TPSA) is 36.1 Å². The van der Waals surface area contributed by atoms with Gasteiger partial charge < -0.3 is 9.88 Å². The Morgan fingerprint density at radius 3 is 2.67 bits per heavy atom. The fourth-order valence-electron chi connectivity index (χ4n) is 4.79. The maximum Gasteiger partial charge on any atom is 0.226 e. The summed E-state index contributed by atoms with van der Waals surface area (Å²) in [5.41, 5.74) is 3.92. The second kappa shape index (κ2) is 6.27. The number of carbonyl (C=O) groups is 1. The zero-order valence-corrected chi connectivity index (χ0v) is 14.8. The molecule has 1 saturated carbocycles. The number of aromatic nitrogens is 1. The number of nitrogens with zero attached hydrogens (tertiary/aromatic N) is 1. The van der Waals surface area contributed by atoms with E-state index in [1.54, 1.807) is 0 Å². The Balaban J connectivity index is 1.71. The highest BCUT2D eigenvalue weighted by molar-refractivity contribution is 5.86. The summed E-state index contributed by atoms with van der Waals surface area (Å²) < 4.78 is 0. The van der Waals surface area contributed by atoms with Crippen LogP contribution in [0.25, 0.3) is 10.9 Å². The van der Waals surface area contributed by atoms with Crippen molar-refractivity contribution >= 4 is 16.8 Å². The van der Waals surface area contributed by atoms with Crippen LogP contribution in [-0.4, -0.2) is 22.3 Å². The number of carbonyl (C=O) groups excluding carboxylic acids is 1. The van der Waals surface area contributed by atoms with Crippen LogP contribution in [0.4, 0.5) is 0 Å². The summed E-state index contributed by atoms with van der Waals surface area (Å²) in [6, 6.07) is 8.74. The lowest BCUT2D eigenvalue weighted by Crippen LogP contribution is -2.45. The van der Waals surface area contributed by atoms with E-state index in [4.69, 9.17) is 0 Å². The fraction of sp³-hybridized carbons (Fsp3) is 0.571. The number of H-pyrrole nitrogens is 1. The van der Waals surface area contributed by atoms with Crippen LogP contribution in [0.1, 0.15) is 63.3 Å². The molecule has 3 heteroatoms. The Bertz CT molecular complexity index is 739. The Morgan fingerprint density at radius 2 is 1.92 bits per heavy atom. The van der Waals surface area contributed by atoms with Gasteiger partial charge in [0.1, 0.15) is 0 Å². The first-order valence-electron chi connectivity index (χ1n) is 9.56. The normalized spacial score (nSPS) is 22.1. The number of nitrogens with one attached hydrogen (secondary N) is 1. The van der Waals surface area contributed by atoms with E-state index in [-0.39, 0.29) is 12.0 Å². The van der Waals surface area contributed by atoms with E-state index in [1.807, 2.05) is 0 Å². The van der Waals surface area contributed by atoms with Crippen molar-refractivity contribution < 1.29 is 4.79 Å². The molecule has 1 unspecified atom stereocenters. The molecule has 1 amide bonds. The Hall–Kier alpha value is -1.77. The highest BCUT2D eigenvalue weighted by Gasteiger charge is 2.37. The molecule has 1 N–H and O–H groups in total. The van der Waals surface area contributed by atoms with Crippen LogP contribution in [-0.2, 0) is 11.2 Å². The minimum Gasteiger partial charge on any atom is -0.356 e. The Labute approximate surface area is 144 Å². The van der Waals surface area contributed by atoms with Crippen LogP contribution in [0.15, 0.2) is 24.3 Å². The minimum absolute atomic E-state index is 0.190. The molecule has 0 radical (unpaired) electrons. The molecule has 2 aliphatic rings. The van der Waals surface area contributed by atoms with Gasteiger partial charge in [0.15, 0.2) is 0 Å². The molecule has 1 fully saturated rings. The lowest BCUT2D eigenvalue weighted by Gasteiger charge is -2.40. The molecule has 2 aromatic rings. The smallest absolute Gasteiger partial charge is 0.226 e. The number of para-hydroxylation sites is 1. The lowest BCUT2D eigenvalue weighted by molar-refractivity contribution is -0.140. The number of hydrogen-bond donors (Lipinski definition) is 1. The fourth-order valence-corrected chi connectivity index (χ4v) is 4.79. The zero-order valence-electron chi connectivity index (χ0n) is 14.8. The van der Waals surface area contributed by atoms with Crippen molar-refractivity contribution in [1.29, 1.82) is 0 Å². The first-order valence-corrected chi connectivity index (χ1v) is 9.56. The van der Waals surface area contributed by atoms with Gasteiger partial charge in [-0.25, -0.2) is 0 Å². The average molecular weight is 324 g/mol. The second-order valence-corrected chi connectivity index (χ2v) is 7.87. The third kappa shape index (κ3) is 2.54. The van der Waals surface area contributed by atoms with Crippen molar-refractivity contribution in [3.63, 3.8) is 0 Å². The molecule has 1 atom stereocenters. The SMILES string of the molecule is CC(C)C1c2[nH]c3ccccc3c2CCN1C(=O)C1CCCCC1. The van der Waals surface area contributed by atoms with E-state index in [0.29, 0.717) is 11.8 Å². The van der Waals surface area contributed by atoms with E-state index in [1.165, 1.54) is 41.4 Å². The maximum atomic E-state index is 13.2. The molecule has 128 valence electrons. The maximum absolute atomic E-state index is 13.2. The van der Waals surface area contributed by atoms with Gasteiger partial charge in [-0.1, -0.05) is 51.3 Å². The van der Waals surface area contributed by atoms with Gasteiger partial charge in [0.2, 0.25) is 5.91 Å².